The summed E-state index contributed by atoms with van der Waals surface area (Å²) < 4.78 is 0. The first-order valence-corrected chi connectivity index (χ1v) is 9.89. The van der Waals surface area contributed by atoms with Crippen molar-refractivity contribution in [2.24, 2.45) is 0 Å². The normalized spacial score (nSPS) is 14.0. The van der Waals surface area contributed by atoms with Gasteiger partial charge in [-0.2, -0.15) is 0 Å². The molecule has 0 saturated carbocycles. The van der Waals surface area contributed by atoms with Gasteiger partial charge >= 0.3 is 0 Å². The molecule has 1 aromatic carbocycles. The molecule has 0 atom stereocenters. The smallest absolute Gasteiger partial charge is 0.276 e. The Bertz CT molecular complexity index is 968. The quantitative estimate of drug-likeness (QED) is 0.746. The highest BCUT2D eigenvalue weighted by molar-refractivity contribution is 7.15. The molecule has 0 radical (unpaired) electrons. The van der Waals surface area contributed by atoms with Crippen LogP contribution in [0.1, 0.15) is 37.7 Å². The standard InChI is InChI=1S/C21H22N4OS/c1-14-6-7-15(2)16(11-14)12-25-10-8-17-19(13-25)27-21(23-17)24-20(26)18-5-3-4-9-22-18/h3-7,9,11H,8,10,12-13H2,1-2H3,(H,23,24,26). The van der Waals surface area contributed by atoms with Crippen LogP contribution in [0.3, 0.4) is 0 Å². The predicted molar refractivity (Wildman–Crippen MR) is 108 cm³/mol. The topological polar surface area (TPSA) is 58.1 Å². The van der Waals surface area contributed by atoms with Gasteiger partial charge in [0, 0.05) is 37.1 Å². The van der Waals surface area contributed by atoms with Gasteiger partial charge in [0.1, 0.15) is 5.69 Å². The van der Waals surface area contributed by atoms with Crippen molar-refractivity contribution in [3.8, 4) is 0 Å². The van der Waals surface area contributed by atoms with E-state index >= 15 is 0 Å². The van der Waals surface area contributed by atoms with Crippen molar-refractivity contribution in [3.63, 3.8) is 0 Å². The summed E-state index contributed by atoms with van der Waals surface area (Å²) in [6.45, 7) is 7.11. The second-order valence-corrected chi connectivity index (χ2v) is 8.03. The number of benzene rings is 1. The molecule has 5 nitrogen and oxygen atoms in total. The first-order chi connectivity index (χ1) is 13.1. The van der Waals surface area contributed by atoms with E-state index in [0.717, 1.165) is 31.7 Å². The lowest BCUT2D eigenvalue weighted by atomic mass is 10.0. The summed E-state index contributed by atoms with van der Waals surface area (Å²) in [6, 6.07) is 11.9. The fourth-order valence-corrected chi connectivity index (χ4v) is 4.35. The van der Waals surface area contributed by atoms with E-state index in [1.165, 1.54) is 21.6 Å². The van der Waals surface area contributed by atoms with Gasteiger partial charge < -0.3 is 0 Å². The van der Waals surface area contributed by atoms with Crippen LogP contribution in [0.25, 0.3) is 0 Å². The molecule has 3 heterocycles. The van der Waals surface area contributed by atoms with Crippen molar-refractivity contribution in [2.45, 2.75) is 33.4 Å². The van der Waals surface area contributed by atoms with Crippen molar-refractivity contribution in [2.75, 3.05) is 11.9 Å². The number of pyridine rings is 1. The number of anilines is 1. The molecule has 0 aliphatic carbocycles. The fourth-order valence-electron chi connectivity index (χ4n) is 3.31. The molecule has 4 rings (SSSR count). The minimum Gasteiger partial charge on any atom is -0.296 e. The number of fused-ring (bicyclic) bond motifs is 1. The molecule has 1 aliphatic heterocycles. The third-order valence-electron chi connectivity index (χ3n) is 4.83. The van der Waals surface area contributed by atoms with E-state index in [0.29, 0.717) is 10.8 Å². The van der Waals surface area contributed by atoms with Gasteiger partial charge in [-0.15, -0.1) is 11.3 Å². The first kappa shape index (κ1) is 17.8. The first-order valence-electron chi connectivity index (χ1n) is 9.08. The molecule has 138 valence electrons. The zero-order chi connectivity index (χ0) is 18.8. The summed E-state index contributed by atoms with van der Waals surface area (Å²) in [6.07, 6.45) is 2.53. The molecule has 1 aliphatic rings. The van der Waals surface area contributed by atoms with Crippen molar-refractivity contribution < 1.29 is 4.79 Å². The van der Waals surface area contributed by atoms with Crippen LogP contribution < -0.4 is 5.32 Å². The number of carbonyl (C=O) groups excluding carboxylic acids is 1. The molecule has 3 aromatic rings. The van der Waals surface area contributed by atoms with Crippen molar-refractivity contribution in [1.29, 1.82) is 0 Å². The maximum absolute atomic E-state index is 12.3. The number of hydrogen-bond donors (Lipinski definition) is 1. The lowest BCUT2D eigenvalue weighted by Crippen LogP contribution is -2.29. The summed E-state index contributed by atoms with van der Waals surface area (Å²) in [5, 5.41) is 3.54. The molecule has 6 heteroatoms. The lowest BCUT2D eigenvalue weighted by Gasteiger charge is -2.26. The Morgan fingerprint density at radius 3 is 2.96 bits per heavy atom. The van der Waals surface area contributed by atoms with Gasteiger partial charge in [0.15, 0.2) is 5.13 Å². The molecule has 27 heavy (non-hydrogen) atoms. The van der Waals surface area contributed by atoms with Crippen LogP contribution >= 0.6 is 11.3 Å². The Labute approximate surface area is 163 Å². The minimum atomic E-state index is -0.214. The van der Waals surface area contributed by atoms with Gasteiger partial charge in [0.25, 0.3) is 5.91 Å². The maximum atomic E-state index is 12.3. The molecule has 0 unspecified atom stereocenters. The molecule has 1 N–H and O–H groups in total. The van der Waals surface area contributed by atoms with E-state index in [-0.39, 0.29) is 5.91 Å². The van der Waals surface area contributed by atoms with E-state index in [2.05, 4.69) is 52.2 Å². The minimum absolute atomic E-state index is 0.214. The van der Waals surface area contributed by atoms with Gasteiger partial charge in [-0.25, -0.2) is 4.98 Å². The van der Waals surface area contributed by atoms with Gasteiger partial charge in [-0.1, -0.05) is 29.8 Å². The van der Waals surface area contributed by atoms with E-state index in [1.807, 2.05) is 0 Å². The number of aryl methyl sites for hydroxylation is 2. The van der Waals surface area contributed by atoms with E-state index in [9.17, 15) is 4.79 Å². The zero-order valence-electron chi connectivity index (χ0n) is 15.5. The second-order valence-electron chi connectivity index (χ2n) is 6.95. The Balaban J connectivity index is 1.44. The SMILES string of the molecule is Cc1ccc(C)c(CN2CCc3nc(NC(=O)c4ccccn4)sc3C2)c1. The zero-order valence-corrected chi connectivity index (χ0v) is 16.3. The van der Waals surface area contributed by atoms with Crippen LogP contribution in [0.5, 0.6) is 0 Å². The number of carbonyl (C=O) groups is 1. The van der Waals surface area contributed by atoms with Crippen molar-refractivity contribution in [1.82, 2.24) is 14.9 Å². The van der Waals surface area contributed by atoms with Crippen LogP contribution in [0.15, 0.2) is 42.6 Å². The summed E-state index contributed by atoms with van der Waals surface area (Å²) in [4.78, 5) is 24.7. The molecular formula is C21H22N4OS. The van der Waals surface area contributed by atoms with Crippen molar-refractivity contribution in [3.05, 3.63) is 75.6 Å². The number of amides is 1. The molecule has 2 aromatic heterocycles. The largest absolute Gasteiger partial charge is 0.296 e. The fraction of sp³-hybridized carbons (Fsp3) is 0.286. The highest BCUT2D eigenvalue weighted by Crippen LogP contribution is 2.29. The molecule has 1 amide bonds. The maximum Gasteiger partial charge on any atom is 0.276 e. The van der Waals surface area contributed by atoms with Gasteiger partial charge in [0.2, 0.25) is 0 Å². The average Bonchev–Trinajstić information content (AvgIpc) is 3.07. The van der Waals surface area contributed by atoms with E-state index in [1.54, 1.807) is 35.7 Å². The highest BCUT2D eigenvalue weighted by atomic mass is 32.1. The number of rotatable bonds is 4. The average molecular weight is 379 g/mol. The number of nitrogens with one attached hydrogen (secondary N) is 1. The third kappa shape index (κ3) is 4.07. The summed E-state index contributed by atoms with van der Waals surface area (Å²) in [7, 11) is 0. The Morgan fingerprint density at radius 2 is 2.15 bits per heavy atom. The number of aromatic nitrogens is 2. The second kappa shape index (κ2) is 7.58. The molecule has 0 spiro atoms. The van der Waals surface area contributed by atoms with Gasteiger partial charge in [-0.3, -0.25) is 20.0 Å². The van der Waals surface area contributed by atoms with Crippen molar-refractivity contribution >= 4 is 22.4 Å². The van der Waals surface area contributed by atoms with Gasteiger partial charge in [-0.05, 0) is 37.1 Å². The van der Waals surface area contributed by atoms with Crippen LogP contribution in [0, 0.1) is 13.8 Å². The van der Waals surface area contributed by atoms with Crippen LogP contribution in [0.4, 0.5) is 5.13 Å². The van der Waals surface area contributed by atoms with E-state index in [4.69, 9.17) is 0 Å². The van der Waals surface area contributed by atoms with Crippen LogP contribution in [-0.4, -0.2) is 27.3 Å². The molecule has 0 bridgehead atoms. The molecular weight excluding hydrogens is 356 g/mol. The number of thiazole rings is 1. The third-order valence-corrected chi connectivity index (χ3v) is 5.82. The Hall–Kier alpha value is -2.57. The number of hydrogen-bond acceptors (Lipinski definition) is 5. The number of nitrogens with zero attached hydrogens (tertiary/aromatic N) is 3. The summed E-state index contributed by atoms with van der Waals surface area (Å²) in [5.74, 6) is -0.214. The van der Waals surface area contributed by atoms with E-state index < -0.39 is 0 Å². The van der Waals surface area contributed by atoms with Gasteiger partial charge in [0.05, 0.1) is 5.69 Å². The molecule has 0 fully saturated rings. The highest BCUT2D eigenvalue weighted by Gasteiger charge is 2.22. The Morgan fingerprint density at radius 1 is 1.26 bits per heavy atom. The summed E-state index contributed by atoms with van der Waals surface area (Å²) >= 11 is 1.57. The van der Waals surface area contributed by atoms with Crippen LogP contribution in [0.2, 0.25) is 0 Å². The summed E-state index contributed by atoms with van der Waals surface area (Å²) in [5.41, 5.74) is 5.52. The predicted octanol–water partition coefficient (Wildman–Crippen LogP) is 3.97. The monoisotopic (exact) mass is 378 g/mol. The molecule has 0 saturated heterocycles. The Kier molecular flexibility index (Phi) is 5.01. The van der Waals surface area contributed by atoms with Crippen LogP contribution in [-0.2, 0) is 19.5 Å². The lowest BCUT2D eigenvalue weighted by molar-refractivity contribution is 0.102.